The average molecular weight is 456 g/mol. The first-order valence-corrected chi connectivity index (χ1v) is 8.34. The molecule has 1 atom stereocenters. The molecule has 2 rings (SSSR count). The van der Waals surface area contributed by atoms with Gasteiger partial charge < -0.3 is 14.3 Å². The first kappa shape index (κ1) is 23.1. The van der Waals surface area contributed by atoms with Gasteiger partial charge in [0.25, 0.3) is 5.09 Å². The number of carbonyl (C=O) groups is 2. The normalized spacial score (nSPS) is 17.7. The van der Waals surface area contributed by atoms with Gasteiger partial charge in [0.15, 0.2) is 0 Å². The number of aryl methyl sites for hydroxylation is 1. The predicted octanol–water partition coefficient (Wildman–Crippen LogP) is 3.56. The summed E-state index contributed by atoms with van der Waals surface area (Å²) in [6.45, 7) is 0.789. The highest BCUT2D eigenvalue weighted by Crippen LogP contribution is 2.47. The average Bonchev–Trinajstić information content (AvgIpc) is 2.62. The Balaban J connectivity index is 2.19. The Kier molecular flexibility index (Phi) is 6.65. The molecule has 0 amide bonds. The molecule has 1 heterocycles. The van der Waals surface area contributed by atoms with Crippen molar-refractivity contribution in [2.45, 2.75) is 25.6 Å². The molecule has 10 nitrogen and oxygen atoms in total. The van der Waals surface area contributed by atoms with Crippen LogP contribution in [0.5, 0.6) is 5.75 Å². The monoisotopic (exact) mass is 455 g/mol. The Bertz CT molecular complexity index is 903. The smallest absolute Gasteiger partial charge is 0.472 e. The number of rotatable bonds is 5. The molecule has 0 N–H and O–H groups in total. The van der Waals surface area contributed by atoms with Crippen molar-refractivity contribution >= 4 is 29.8 Å². The van der Waals surface area contributed by atoms with Crippen molar-refractivity contribution < 1.29 is 51.9 Å². The first-order chi connectivity index (χ1) is 13.8. The molecule has 1 aliphatic rings. The maximum atomic E-state index is 13.7. The molecule has 0 saturated heterocycles. The maximum Gasteiger partial charge on any atom is 0.549 e. The Morgan fingerprint density at radius 2 is 1.93 bits per heavy atom. The highest BCUT2D eigenvalue weighted by molar-refractivity contribution is 6.30. The Hall–Kier alpha value is -3.22. The van der Waals surface area contributed by atoms with Crippen molar-refractivity contribution in [2.24, 2.45) is 0 Å². The Morgan fingerprint density at radius 3 is 2.53 bits per heavy atom. The van der Waals surface area contributed by atoms with Crippen LogP contribution in [0.1, 0.15) is 18.1 Å². The number of fused-ring (bicyclic) bond motifs is 1. The third-order valence-corrected chi connectivity index (χ3v) is 4.05. The van der Waals surface area contributed by atoms with Crippen molar-refractivity contribution in [3.8, 4) is 5.75 Å². The van der Waals surface area contributed by atoms with Crippen LogP contribution in [0.4, 0.5) is 18.0 Å². The molecule has 1 aliphatic heterocycles. The van der Waals surface area contributed by atoms with E-state index in [2.05, 4.69) is 19.3 Å². The molecule has 1 aromatic rings. The van der Waals surface area contributed by atoms with Crippen LogP contribution in [0.15, 0.2) is 17.7 Å². The minimum absolute atomic E-state index is 0.0770. The molecule has 0 aromatic heterocycles. The van der Waals surface area contributed by atoms with Crippen molar-refractivity contribution in [2.75, 3.05) is 13.2 Å². The standard InChI is InChI=1S/C16H13ClF3NO9/c1-8-5-10(17)6-9-7-11(15(2,16(18,19)20)28-12(8)9)13(22)29-30-14(23)26-3-4-27-21(24)25/h5-7H,3-4H2,1-2H3. The van der Waals surface area contributed by atoms with Gasteiger partial charge in [0.2, 0.25) is 5.60 Å². The molecule has 0 spiro atoms. The number of alkyl halides is 3. The summed E-state index contributed by atoms with van der Waals surface area (Å²) in [6.07, 6.45) is -5.84. The summed E-state index contributed by atoms with van der Waals surface area (Å²) in [5.41, 5.74) is -3.77. The fourth-order valence-corrected chi connectivity index (χ4v) is 2.68. The second kappa shape index (κ2) is 8.65. The topological polar surface area (TPSA) is 123 Å². The van der Waals surface area contributed by atoms with Gasteiger partial charge in [-0.05, 0) is 37.6 Å². The van der Waals surface area contributed by atoms with Gasteiger partial charge in [0.05, 0.1) is 5.57 Å². The molecular weight excluding hydrogens is 443 g/mol. The van der Waals surface area contributed by atoms with Crippen molar-refractivity contribution in [1.29, 1.82) is 0 Å². The van der Waals surface area contributed by atoms with E-state index in [-0.39, 0.29) is 16.3 Å². The van der Waals surface area contributed by atoms with Gasteiger partial charge >= 0.3 is 18.3 Å². The summed E-state index contributed by atoms with van der Waals surface area (Å²) >= 11 is 5.89. The quantitative estimate of drug-likeness (QED) is 0.215. The SMILES string of the molecule is Cc1cc(Cl)cc2c1OC(C)(C(F)(F)F)C(C(=O)OOC(=O)OCCO[N+](=O)[O-])=C2. The highest BCUT2D eigenvalue weighted by atomic mass is 35.5. The molecule has 0 fully saturated rings. The van der Waals surface area contributed by atoms with Crippen LogP contribution in [0, 0.1) is 17.0 Å². The van der Waals surface area contributed by atoms with E-state index in [0.29, 0.717) is 12.5 Å². The summed E-state index contributed by atoms with van der Waals surface area (Å²) in [5, 5.41) is 8.97. The highest BCUT2D eigenvalue weighted by Gasteiger charge is 2.60. The Morgan fingerprint density at radius 1 is 1.27 bits per heavy atom. The summed E-state index contributed by atoms with van der Waals surface area (Å²) in [4.78, 5) is 45.4. The summed E-state index contributed by atoms with van der Waals surface area (Å²) < 4.78 is 50.5. The lowest BCUT2D eigenvalue weighted by Gasteiger charge is -2.37. The van der Waals surface area contributed by atoms with Gasteiger partial charge in [0, 0.05) is 10.6 Å². The minimum atomic E-state index is -5.05. The molecule has 0 saturated carbocycles. The number of halogens is 4. The first-order valence-electron chi connectivity index (χ1n) is 7.96. The number of hydrogen-bond acceptors (Lipinski definition) is 9. The zero-order valence-corrected chi connectivity index (χ0v) is 16.0. The largest absolute Gasteiger partial charge is 0.549 e. The van der Waals surface area contributed by atoms with Crippen molar-refractivity contribution in [1.82, 2.24) is 0 Å². The van der Waals surface area contributed by atoms with Gasteiger partial charge in [-0.1, -0.05) is 11.6 Å². The molecule has 0 aliphatic carbocycles. The van der Waals surface area contributed by atoms with E-state index in [0.717, 1.165) is 6.08 Å². The van der Waals surface area contributed by atoms with Crippen molar-refractivity contribution in [3.05, 3.63) is 44.0 Å². The van der Waals surface area contributed by atoms with Crippen LogP contribution < -0.4 is 4.74 Å². The van der Waals surface area contributed by atoms with Crippen LogP contribution in [0.3, 0.4) is 0 Å². The van der Waals surface area contributed by atoms with Gasteiger partial charge in [0.1, 0.15) is 19.0 Å². The van der Waals surface area contributed by atoms with E-state index in [1.165, 1.54) is 19.1 Å². The Labute approximate surface area is 171 Å². The lowest BCUT2D eigenvalue weighted by molar-refractivity contribution is -0.757. The van der Waals surface area contributed by atoms with Gasteiger partial charge in [-0.3, -0.25) is 0 Å². The van der Waals surface area contributed by atoms with E-state index in [9.17, 15) is 32.9 Å². The predicted molar refractivity (Wildman–Crippen MR) is 90.7 cm³/mol. The fraction of sp³-hybridized carbons (Fsp3) is 0.375. The number of benzene rings is 1. The summed E-state index contributed by atoms with van der Waals surface area (Å²) in [5.74, 6) is -1.82. The number of nitrogens with zero attached hydrogens (tertiary/aromatic N) is 1. The second-order valence-corrected chi connectivity index (χ2v) is 6.38. The van der Waals surface area contributed by atoms with Gasteiger partial charge in [-0.15, -0.1) is 10.1 Å². The third kappa shape index (κ3) is 5.03. The molecule has 30 heavy (non-hydrogen) atoms. The summed E-state index contributed by atoms with van der Waals surface area (Å²) in [6, 6.07) is 2.66. The molecule has 164 valence electrons. The van der Waals surface area contributed by atoms with Gasteiger partial charge in [-0.25, -0.2) is 14.6 Å². The van der Waals surface area contributed by atoms with Crippen molar-refractivity contribution in [3.63, 3.8) is 0 Å². The van der Waals surface area contributed by atoms with Crippen LogP contribution >= 0.6 is 11.6 Å². The molecule has 1 unspecified atom stereocenters. The van der Waals surface area contributed by atoms with E-state index < -0.39 is 47.8 Å². The van der Waals surface area contributed by atoms with Crippen LogP contribution in [-0.4, -0.2) is 42.2 Å². The molecule has 0 radical (unpaired) electrons. The zero-order valence-electron chi connectivity index (χ0n) is 15.3. The molecule has 1 aromatic carbocycles. The molecular formula is C16H13ClF3NO9. The van der Waals surface area contributed by atoms with Gasteiger partial charge in [-0.2, -0.15) is 18.0 Å². The van der Waals surface area contributed by atoms with E-state index >= 15 is 0 Å². The lowest BCUT2D eigenvalue weighted by atomic mass is 9.89. The zero-order chi connectivity index (χ0) is 22.7. The number of carbonyl (C=O) groups excluding carboxylic acids is 2. The summed E-state index contributed by atoms with van der Waals surface area (Å²) in [7, 11) is 0. The van der Waals surface area contributed by atoms with Crippen LogP contribution in [0.25, 0.3) is 6.08 Å². The maximum absolute atomic E-state index is 13.7. The molecule has 0 bridgehead atoms. The molecule has 14 heteroatoms. The lowest BCUT2D eigenvalue weighted by Crippen LogP contribution is -2.52. The van der Waals surface area contributed by atoms with Crippen LogP contribution in [-0.2, 0) is 24.1 Å². The third-order valence-electron chi connectivity index (χ3n) is 3.83. The fourth-order valence-electron chi connectivity index (χ4n) is 2.40. The number of hydrogen-bond donors (Lipinski definition) is 0. The second-order valence-electron chi connectivity index (χ2n) is 5.94. The number of ether oxygens (including phenoxy) is 2. The van der Waals surface area contributed by atoms with E-state index in [4.69, 9.17) is 16.3 Å². The van der Waals surface area contributed by atoms with E-state index in [1.807, 2.05) is 0 Å². The minimum Gasteiger partial charge on any atom is -0.472 e. The van der Waals surface area contributed by atoms with Crippen LogP contribution in [0.2, 0.25) is 5.02 Å². The van der Waals surface area contributed by atoms with E-state index in [1.54, 1.807) is 0 Å².